The Bertz CT molecular complexity index is 1280. The maximum absolute atomic E-state index is 12.8. The molecule has 0 saturated carbocycles. The second-order valence-electron chi connectivity index (χ2n) is 8.53. The molecule has 0 spiro atoms. The Kier molecular flexibility index (Phi) is 7.42. The first kappa shape index (κ1) is 25.7. The van der Waals surface area contributed by atoms with Crippen LogP contribution >= 0.6 is 0 Å². The summed E-state index contributed by atoms with van der Waals surface area (Å²) in [5.74, 6) is -0.353. The minimum absolute atomic E-state index is 0.108. The molecule has 192 valence electrons. The first-order valence-electron chi connectivity index (χ1n) is 11.4. The summed E-state index contributed by atoms with van der Waals surface area (Å²) in [4.78, 5) is 37.5. The van der Waals surface area contributed by atoms with Crippen molar-refractivity contribution in [2.75, 3.05) is 18.4 Å². The zero-order valence-electron chi connectivity index (χ0n) is 19.4. The lowest BCUT2D eigenvalue weighted by atomic mass is 9.96. The van der Waals surface area contributed by atoms with E-state index in [0.717, 1.165) is 12.1 Å². The highest BCUT2D eigenvalue weighted by atomic mass is 19.4. The topological polar surface area (TPSA) is 102 Å². The van der Waals surface area contributed by atoms with Gasteiger partial charge in [0, 0.05) is 36.5 Å². The third-order valence-corrected chi connectivity index (χ3v) is 5.94. The lowest BCUT2D eigenvalue weighted by Gasteiger charge is -2.32. The zero-order valence-corrected chi connectivity index (χ0v) is 19.4. The number of likely N-dealkylation sites (tertiary alicyclic amines) is 1. The Labute approximate surface area is 209 Å². The lowest BCUT2D eigenvalue weighted by molar-refractivity contribution is -0.384. The Hall–Kier alpha value is -4.41. The van der Waals surface area contributed by atoms with Crippen LogP contribution in [0.5, 0.6) is 11.5 Å². The van der Waals surface area contributed by atoms with Crippen molar-refractivity contribution >= 4 is 23.2 Å². The van der Waals surface area contributed by atoms with E-state index in [4.69, 9.17) is 4.74 Å². The number of carbonyl (C=O) groups is 2. The fourth-order valence-electron chi connectivity index (χ4n) is 3.98. The molecule has 0 radical (unpaired) electrons. The van der Waals surface area contributed by atoms with Gasteiger partial charge in [0.1, 0.15) is 11.5 Å². The zero-order chi connectivity index (χ0) is 26.6. The Morgan fingerprint density at radius 3 is 2.11 bits per heavy atom. The Morgan fingerprint density at radius 1 is 0.946 bits per heavy atom. The lowest BCUT2D eigenvalue weighted by Crippen LogP contribution is -2.43. The number of nitrogens with one attached hydrogen (secondary N) is 1. The van der Waals surface area contributed by atoms with Crippen molar-refractivity contribution in [1.82, 2.24) is 4.90 Å². The molecule has 1 atom stereocenters. The number of ether oxygens (including phenoxy) is 1. The molecule has 8 nitrogen and oxygen atoms in total. The smallest absolute Gasteiger partial charge is 0.416 e. The molecule has 4 rings (SSSR count). The summed E-state index contributed by atoms with van der Waals surface area (Å²) in [6.45, 7) is 0.701. The van der Waals surface area contributed by atoms with Crippen LogP contribution in [-0.2, 0) is 11.0 Å². The van der Waals surface area contributed by atoms with Gasteiger partial charge in [0.15, 0.2) is 0 Å². The number of nitrogens with zero attached hydrogens (tertiary/aromatic N) is 2. The van der Waals surface area contributed by atoms with Crippen molar-refractivity contribution in [2.45, 2.75) is 19.0 Å². The molecule has 11 heteroatoms. The van der Waals surface area contributed by atoms with Crippen LogP contribution in [0.2, 0.25) is 0 Å². The molecule has 3 aromatic carbocycles. The van der Waals surface area contributed by atoms with Crippen molar-refractivity contribution in [3.8, 4) is 11.5 Å². The highest BCUT2D eigenvalue weighted by Gasteiger charge is 2.30. The summed E-state index contributed by atoms with van der Waals surface area (Å²) in [6.07, 6.45) is -3.19. The van der Waals surface area contributed by atoms with Gasteiger partial charge < -0.3 is 15.0 Å². The number of rotatable bonds is 6. The minimum Gasteiger partial charge on any atom is -0.457 e. The number of nitro benzene ring substituents is 1. The van der Waals surface area contributed by atoms with Gasteiger partial charge in [0.25, 0.3) is 11.6 Å². The minimum atomic E-state index is -4.42. The number of piperidine rings is 1. The quantitative estimate of drug-likeness (QED) is 0.327. The molecular formula is C26H22F3N3O5. The van der Waals surface area contributed by atoms with Crippen LogP contribution in [0, 0.1) is 16.0 Å². The standard InChI is InChI=1S/C26H22F3N3O5/c27-26(28,29)19-5-11-22(12-6-19)37-23-13-7-20(8-14-23)30-24(33)18-2-1-15-31(16-18)25(34)17-3-9-21(10-4-17)32(35)36/h3-14,18H,1-2,15-16H2,(H,30,33). The first-order valence-corrected chi connectivity index (χ1v) is 11.4. The molecule has 0 aliphatic carbocycles. The molecule has 1 fully saturated rings. The summed E-state index contributed by atoms with van der Waals surface area (Å²) < 4.78 is 43.6. The van der Waals surface area contributed by atoms with Crippen LogP contribution in [0.4, 0.5) is 24.5 Å². The van der Waals surface area contributed by atoms with Crippen LogP contribution < -0.4 is 10.1 Å². The molecule has 1 heterocycles. The molecular weight excluding hydrogens is 491 g/mol. The van der Waals surface area contributed by atoms with Gasteiger partial charge in [-0.15, -0.1) is 0 Å². The first-order chi connectivity index (χ1) is 17.6. The van der Waals surface area contributed by atoms with Crippen molar-refractivity contribution in [3.63, 3.8) is 0 Å². The van der Waals surface area contributed by atoms with Crippen molar-refractivity contribution in [1.29, 1.82) is 0 Å². The highest BCUT2D eigenvalue weighted by Crippen LogP contribution is 2.31. The number of non-ortho nitro benzene ring substituents is 1. The molecule has 3 aromatic rings. The van der Waals surface area contributed by atoms with E-state index in [-0.39, 0.29) is 29.8 Å². The predicted molar refractivity (Wildman–Crippen MR) is 128 cm³/mol. The van der Waals surface area contributed by atoms with Gasteiger partial charge in [-0.25, -0.2) is 0 Å². The fraction of sp³-hybridized carbons (Fsp3) is 0.231. The second kappa shape index (κ2) is 10.7. The van der Waals surface area contributed by atoms with Crippen LogP contribution in [0.3, 0.4) is 0 Å². The van der Waals surface area contributed by atoms with Gasteiger partial charge in [-0.05, 0) is 73.5 Å². The molecule has 2 amide bonds. The molecule has 1 N–H and O–H groups in total. The molecule has 0 aromatic heterocycles. The van der Waals surface area contributed by atoms with Gasteiger partial charge in [0.05, 0.1) is 16.4 Å². The molecule has 1 aliphatic rings. The molecule has 1 aliphatic heterocycles. The molecule has 0 bridgehead atoms. The number of carbonyl (C=O) groups excluding carboxylic acids is 2. The predicted octanol–water partition coefficient (Wildman–Crippen LogP) is 5.90. The number of hydrogen-bond donors (Lipinski definition) is 1. The van der Waals surface area contributed by atoms with Crippen molar-refractivity contribution in [2.24, 2.45) is 5.92 Å². The molecule has 1 unspecified atom stereocenters. The van der Waals surface area contributed by atoms with E-state index in [2.05, 4.69) is 5.32 Å². The largest absolute Gasteiger partial charge is 0.457 e. The number of halogens is 3. The Morgan fingerprint density at radius 2 is 1.54 bits per heavy atom. The van der Waals surface area contributed by atoms with Crippen LogP contribution in [0.25, 0.3) is 0 Å². The number of alkyl halides is 3. The highest BCUT2D eigenvalue weighted by molar-refractivity contribution is 5.96. The second-order valence-corrected chi connectivity index (χ2v) is 8.53. The molecule has 1 saturated heterocycles. The SMILES string of the molecule is O=C(Nc1ccc(Oc2ccc(C(F)(F)F)cc2)cc1)C1CCCN(C(=O)c2ccc([N+](=O)[O-])cc2)C1. The van der Waals surface area contributed by atoms with Gasteiger partial charge in [-0.1, -0.05) is 0 Å². The van der Waals surface area contributed by atoms with Crippen LogP contribution in [0.1, 0.15) is 28.8 Å². The van der Waals surface area contributed by atoms with Crippen LogP contribution in [-0.4, -0.2) is 34.7 Å². The molecule has 37 heavy (non-hydrogen) atoms. The van der Waals surface area contributed by atoms with Gasteiger partial charge in [-0.2, -0.15) is 13.2 Å². The summed E-state index contributed by atoms with van der Waals surface area (Å²) in [5, 5.41) is 13.6. The average molecular weight is 513 g/mol. The maximum Gasteiger partial charge on any atom is 0.416 e. The van der Waals surface area contributed by atoms with E-state index in [1.54, 1.807) is 29.2 Å². The van der Waals surface area contributed by atoms with E-state index in [1.807, 2.05) is 0 Å². The van der Waals surface area contributed by atoms with Crippen LogP contribution in [0.15, 0.2) is 72.8 Å². The fourth-order valence-corrected chi connectivity index (χ4v) is 3.98. The number of amides is 2. The van der Waals surface area contributed by atoms with E-state index >= 15 is 0 Å². The Balaban J connectivity index is 1.33. The number of hydrogen-bond acceptors (Lipinski definition) is 5. The third kappa shape index (κ3) is 6.43. The van der Waals surface area contributed by atoms with Crippen molar-refractivity contribution < 1.29 is 32.4 Å². The monoisotopic (exact) mass is 513 g/mol. The van der Waals surface area contributed by atoms with E-state index in [1.165, 1.54) is 36.4 Å². The van der Waals surface area contributed by atoms with E-state index in [0.29, 0.717) is 36.4 Å². The van der Waals surface area contributed by atoms with Gasteiger partial charge in [0.2, 0.25) is 5.91 Å². The summed E-state index contributed by atoms with van der Waals surface area (Å²) in [7, 11) is 0. The van der Waals surface area contributed by atoms with Crippen molar-refractivity contribution in [3.05, 3.63) is 94.0 Å². The van der Waals surface area contributed by atoms with E-state index < -0.39 is 22.6 Å². The number of nitro groups is 1. The third-order valence-electron chi connectivity index (χ3n) is 5.94. The van der Waals surface area contributed by atoms with Gasteiger partial charge in [-0.3, -0.25) is 19.7 Å². The number of anilines is 1. The summed E-state index contributed by atoms with van der Waals surface area (Å²) in [6, 6.07) is 16.1. The van der Waals surface area contributed by atoms with E-state index in [9.17, 15) is 32.9 Å². The van der Waals surface area contributed by atoms with Gasteiger partial charge >= 0.3 is 6.18 Å². The normalized spacial score (nSPS) is 15.6. The average Bonchev–Trinajstić information content (AvgIpc) is 2.89. The summed E-state index contributed by atoms with van der Waals surface area (Å²) >= 11 is 0. The summed E-state index contributed by atoms with van der Waals surface area (Å²) in [5.41, 5.74) is -0.0595. The maximum atomic E-state index is 12.8. The number of benzene rings is 3.